The Balaban J connectivity index is 0.000000400. The first-order valence-corrected chi connectivity index (χ1v) is 23.8. The summed E-state index contributed by atoms with van der Waals surface area (Å²) in [5.41, 5.74) is 1.51. The van der Waals surface area contributed by atoms with Crippen LogP contribution in [0.5, 0.6) is 34.5 Å². The minimum Gasteiger partial charge on any atom is -0.872 e. The molecule has 0 radical (unpaired) electrons. The van der Waals surface area contributed by atoms with Crippen molar-refractivity contribution in [2.24, 2.45) is 0 Å². The summed E-state index contributed by atoms with van der Waals surface area (Å²) in [6.07, 6.45) is 23.7. The van der Waals surface area contributed by atoms with E-state index in [9.17, 15) is 31.6 Å². The maximum Gasteiger partial charge on any atom is 2.00 e. The molecule has 0 fully saturated rings. The first kappa shape index (κ1) is 52.3. The Hall–Kier alpha value is -2.84. The second kappa shape index (κ2) is 28.6. The van der Waals surface area contributed by atoms with Crippen molar-refractivity contribution in [3.8, 4) is 34.5 Å². The maximum atomic E-state index is 12.1. The molecule has 0 aliphatic rings. The normalized spacial score (nSPS) is 11.3. The second-order valence-electron chi connectivity index (χ2n) is 14.8. The fraction of sp³-hybridized carbons (Fsp3) is 0.478. The van der Waals surface area contributed by atoms with Crippen molar-refractivity contribution in [3.05, 3.63) is 96.1 Å². The third kappa shape index (κ3) is 21.5. The third-order valence-corrected chi connectivity index (χ3v) is 11.5. The zero-order valence-corrected chi connectivity index (χ0v) is 38.8. The average Bonchev–Trinajstić information content (AvgIpc) is 3.18. The van der Waals surface area contributed by atoms with Gasteiger partial charge in [-0.15, -0.1) is 5.75 Å². The summed E-state index contributed by atoms with van der Waals surface area (Å²) in [6.45, 7) is 4.45. The molecule has 0 unspecified atom stereocenters. The minimum absolute atomic E-state index is 0. The summed E-state index contributed by atoms with van der Waals surface area (Å²) in [4.78, 5) is -0.561. The van der Waals surface area contributed by atoms with E-state index in [1.807, 2.05) is 0 Å². The number of ether oxygens (including phenoxy) is 2. The Labute approximate surface area is 383 Å². The molecule has 0 aliphatic carbocycles. The van der Waals surface area contributed by atoms with E-state index < -0.39 is 20.2 Å². The van der Waals surface area contributed by atoms with E-state index in [1.165, 1.54) is 132 Å². The summed E-state index contributed by atoms with van der Waals surface area (Å²) in [6, 6.07) is 20.8. The number of aryl methyl sites for hydroxylation is 2. The number of aromatic hydroxyl groups is 1. The molecule has 0 aromatic heterocycles. The van der Waals surface area contributed by atoms with Gasteiger partial charge in [0, 0.05) is 6.07 Å². The molecule has 10 nitrogen and oxygen atoms in total. The molecular weight excluding hydrogens is 817 g/mol. The number of phenolic OH excluding ortho intramolecular Hbond substituents is 1. The number of hydrogen-bond acceptors (Lipinski definition) is 9. The van der Waals surface area contributed by atoms with Gasteiger partial charge in [-0.05, 0) is 91.9 Å². The van der Waals surface area contributed by atoms with Crippen LogP contribution in [0.25, 0.3) is 0 Å². The molecule has 0 saturated heterocycles. The van der Waals surface area contributed by atoms with E-state index in [4.69, 9.17) is 14.0 Å². The van der Waals surface area contributed by atoms with Crippen molar-refractivity contribution in [1.29, 1.82) is 0 Å². The molecular formula is C46H62CaO10S2. The second-order valence-corrected chi connectivity index (χ2v) is 17.6. The molecule has 0 aliphatic heterocycles. The molecule has 0 spiro atoms. The SMILES string of the molecule is CCCCCCCCCCCc1cc(Oc2cccc(S(=O)(=O)O)c2)ccc1O.CCCCCCCCCCCc1cc(Oc2cccc(S(=O)(=O)[O-])c2)ccc1[O-].[Ca+2]. The largest absolute Gasteiger partial charge is 2.00 e. The first-order valence-electron chi connectivity index (χ1n) is 20.9. The first-order chi connectivity index (χ1) is 27.8. The fourth-order valence-corrected chi connectivity index (χ4v) is 7.58. The quantitative estimate of drug-likeness (QED) is 0.0351. The average molecular weight is 879 g/mol. The topological polar surface area (TPSA) is 173 Å². The number of phenols is 1. The van der Waals surface area contributed by atoms with Gasteiger partial charge in [-0.3, -0.25) is 4.55 Å². The van der Waals surface area contributed by atoms with Gasteiger partial charge in [0.25, 0.3) is 10.1 Å². The summed E-state index contributed by atoms with van der Waals surface area (Å²) >= 11 is 0. The van der Waals surface area contributed by atoms with Gasteiger partial charge in [-0.25, -0.2) is 8.42 Å². The van der Waals surface area contributed by atoms with Crippen LogP contribution in [0.1, 0.15) is 141 Å². The van der Waals surface area contributed by atoms with Crippen LogP contribution < -0.4 is 14.6 Å². The van der Waals surface area contributed by atoms with Crippen LogP contribution in [-0.4, -0.2) is 68.8 Å². The molecule has 4 aromatic carbocycles. The molecule has 0 saturated carbocycles. The Morgan fingerprint density at radius 1 is 0.508 bits per heavy atom. The van der Waals surface area contributed by atoms with E-state index >= 15 is 0 Å². The van der Waals surface area contributed by atoms with E-state index in [2.05, 4.69) is 13.8 Å². The van der Waals surface area contributed by atoms with E-state index in [0.29, 0.717) is 29.2 Å². The van der Waals surface area contributed by atoms with Crippen LogP contribution in [-0.2, 0) is 33.1 Å². The standard InChI is InChI=1S/2C23H32O5S.Ca/c2*1-2-3-4-5-6-7-8-9-10-12-19-17-21(15-16-23(19)24)28-20-13-11-14-22(18-20)29(25,26)27;/h2*11,13-18,24H,2-10,12H2,1H3,(H,25,26,27);/q;;+2/p-2. The van der Waals surface area contributed by atoms with Crippen molar-refractivity contribution < 1.29 is 45.6 Å². The summed E-state index contributed by atoms with van der Waals surface area (Å²) in [5.74, 6) is 1.74. The predicted octanol–water partition coefficient (Wildman–Crippen LogP) is 11.7. The molecule has 320 valence electrons. The number of benzene rings is 4. The molecule has 13 heteroatoms. The van der Waals surface area contributed by atoms with E-state index in [-0.39, 0.29) is 64.8 Å². The minimum atomic E-state index is -4.54. The van der Waals surface area contributed by atoms with E-state index in [1.54, 1.807) is 42.5 Å². The van der Waals surface area contributed by atoms with Crippen LogP contribution in [0.15, 0.2) is 94.7 Å². The molecule has 4 aromatic rings. The zero-order chi connectivity index (χ0) is 42.2. The number of unbranched alkanes of at least 4 members (excludes halogenated alkanes) is 16. The van der Waals surface area contributed by atoms with Crippen molar-refractivity contribution in [2.75, 3.05) is 0 Å². The fourth-order valence-electron chi connectivity index (χ4n) is 6.56. The van der Waals surface area contributed by atoms with Gasteiger partial charge in [0.2, 0.25) is 0 Å². The summed E-state index contributed by atoms with van der Waals surface area (Å²) in [7, 11) is -8.82. The molecule has 2 N–H and O–H groups in total. The van der Waals surface area contributed by atoms with Gasteiger partial charge in [0.1, 0.15) is 38.9 Å². The zero-order valence-electron chi connectivity index (χ0n) is 34.9. The molecule has 59 heavy (non-hydrogen) atoms. The maximum absolute atomic E-state index is 12.1. The van der Waals surface area contributed by atoms with Gasteiger partial charge in [0.15, 0.2) is 0 Å². The summed E-state index contributed by atoms with van der Waals surface area (Å²) in [5, 5.41) is 22.2. The van der Waals surface area contributed by atoms with Gasteiger partial charge in [0.05, 0.1) is 9.79 Å². The van der Waals surface area contributed by atoms with Gasteiger partial charge in [-0.1, -0.05) is 140 Å². The molecule has 0 heterocycles. The molecule has 0 bridgehead atoms. The van der Waals surface area contributed by atoms with Crippen LogP contribution in [0, 0.1) is 0 Å². The van der Waals surface area contributed by atoms with Crippen molar-refractivity contribution in [2.45, 2.75) is 152 Å². The summed E-state index contributed by atoms with van der Waals surface area (Å²) < 4.78 is 76.5. The molecule has 0 atom stereocenters. The van der Waals surface area contributed by atoms with Gasteiger partial charge < -0.3 is 24.2 Å². The smallest absolute Gasteiger partial charge is 0.872 e. The molecule has 0 amide bonds. The predicted molar refractivity (Wildman–Crippen MR) is 232 cm³/mol. The Morgan fingerprint density at radius 2 is 0.898 bits per heavy atom. The van der Waals surface area contributed by atoms with Crippen molar-refractivity contribution in [3.63, 3.8) is 0 Å². The Morgan fingerprint density at radius 3 is 1.37 bits per heavy atom. The van der Waals surface area contributed by atoms with E-state index in [0.717, 1.165) is 37.7 Å². The monoisotopic (exact) mass is 878 g/mol. The van der Waals surface area contributed by atoms with Gasteiger partial charge in [-0.2, -0.15) is 8.42 Å². The van der Waals surface area contributed by atoms with Crippen LogP contribution in [0.2, 0.25) is 0 Å². The van der Waals surface area contributed by atoms with Crippen LogP contribution in [0.4, 0.5) is 0 Å². The number of hydrogen-bond donors (Lipinski definition) is 2. The van der Waals surface area contributed by atoms with Crippen LogP contribution >= 0.6 is 0 Å². The van der Waals surface area contributed by atoms with Crippen molar-refractivity contribution >= 4 is 58.0 Å². The van der Waals surface area contributed by atoms with Gasteiger partial charge >= 0.3 is 37.7 Å². The molecule has 4 rings (SSSR count). The Kier molecular flexibility index (Phi) is 25.4. The van der Waals surface area contributed by atoms with Crippen molar-refractivity contribution in [1.82, 2.24) is 0 Å². The number of rotatable bonds is 26. The Bertz CT molecular complexity index is 1870. The van der Waals surface area contributed by atoms with Crippen LogP contribution in [0.3, 0.4) is 0 Å². The third-order valence-electron chi connectivity index (χ3n) is 9.85.